The van der Waals surface area contributed by atoms with Gasteiger partial charge in [0.15, 0.2) is 11.5 Å². The summed E-state index contributed by atoms with van der Waals surface area (Å²) in [6.07, 6.45) is 1.16. The molecule has 0 saturated heterocycles. The number of nitrogens with zero attached hydrogens (tertiary/aromatic N) is 6. The molecule has 2 N–H and O–H groups in total. The molecule has 0 aliphatic carbocycles. The highest BCUT2D eigenvalue weighted by atomic mass is 32.2. The smallest absolute Gasteiger partial charge is 0.251 e. The summed E-state index contributed by atoms with van der Waals surface area (Å²) in [6.45, 7) is 2.28. The molecule has 3 aromatic heterocycles. The van der Waals surface area contributed by atoms with Crippen molar-refractivity contribution in [2.45, 2.75) is 24.8 Å². The Morgan fingerprint density at radius 1 is 1.09 bits per heavy atom. The van der Waals surface area contributed by atoms with Gasteiger partial charge in [0.2, 0.25) is 11.0 Å². The third kappa shape index (κ3) is 5.87. The number of fused-ring (bicyclic) bond motifs is 1. The maximum Gasteiger partial charge on any atom is 0.251 e. The molecule has 0 spiro atoms. The normalized spacial score (nSPS) is 11.0. The van der Waals surface area contributed by atoms with Crippen molar-refractivity contribution in [1.82, 2.24) is 35.3 Å². The summed E-state index contributed by atoms with van der Waals surface area (Å²) in [5.41, 5.74) is 0.932. The van der Waals surface area contributed by atoms with Crippen molar-refractivity contribution < 1.29 is 14.0 Å². The molecule has 0 bridgehead atoms. The van der Waals surface area contributed by atoms with Crippen LogP contribution in [-0.4, -0.2) is 54.1 Å². The first-order chi connectivity index (χ1) is 16.0. The second kappa shape index (κ2) is 10.4. The summed E-state index contributed by atoms with van der Waals surface area (Å²) in [7, 11) is 0. The van der Waals surface area contributed by atoms with Crippen LogP contribution in [0.15, 0.2) is 41.4 Å². The van der Waals surface area contributed by atoms with E-state index >= 15 is 0 Å². The second-order valence-electron chi connectivity index (χ2n) is 6.76. The predicted octanol–water partition coefficient (Wildman–Crippen LogP) is 2.38. The summed E-state index contributed by atoms with van der Waals surface area (Å²) in [5, 5.41) is 28.1. The van der Waals surface area contributed by atoms with E-state index in [2.05, 4.69) is 36.1 Å². The zero-order valence-electron chi connectivity index (χ0n) is 17.5. The molecular weight excluding hydrogens is 467 g/mol. The molecule has 0 saturated carbocycles. The molecule has 4 rings (SSSR count). The molecule has 0 radical (unpaired) electrons. The number of aromatic nitrogens is 6. The average molecular weight is 487 g/mol. The number of amides is 2. The minimum Gasteiger partial charge on any atom is -0.352 e. The number of carbonyl (C=O) groups is 2. The summed E-state index contributed by atoms with van der Waals surface area (Å²) in [5.74, 6) is -0.180. The number of halogens is 1. The first-order valence-electron chi connectivity index (χ1n) is 10.0. The lowest BCUT2D eigenvalue weighted by atomic mass is 10.2. The molecule has 10 nitrogen and oxygen atoms in total. The largest absolute Gasteiger partial charge is 0.352 e. The van der Waals surface area contributed by atoms with Gasteiger partial charge in [-0.05, 0) is 42.8 Å². The van der Waals surface area contributed by atoms with Crippen molar-refractivity contribution in [2.75, 3.05) is 17.6 Å². The Labute approximate surface area is 196 Å². The Bertz CT molecular complexity index is 1270. The van der Waals surface area contributed by atoms with Crippen LogP contribution in [0.3, 0.4) is 0 Å². The average Bonchev–Trinajstić information content (AvgIpc) is 3.44. The number of hydrogen-bond donors (Lipinski definition) is 2. The Morgan fingerprint density at radius 3 is 2.67 bits per heavy atom. The highest BCUT2D eigenvalue weighted by Gasteiger charge is 2.12. The quantitative estimate of drug-likeness (QED) is 0.345. The third-order valence-electron chi connectivity index (χ3n) is 4.41. The van der Waals surface area contributed by atoms with E-state index in [9.17, 15) is 14.0 Å². The number of rotatable bonds is 9. The molecule has 170 valence electrons. The van der Waals surface area contributed by atoms with Crippen molar-refractivity contribution in [1.29, 1.82) is 0 Å². The summed E-state index contributed by atoms with van der Waals surface area (Å²) >= 11 is 2.62. The Morgan fingerprint density at radius 2 is 1.91 bits per heavy atom. The van der Waals surface area contributed by atoms with E-state index < -0.39 is 5.82 Å². The van der Waals surface area contributed by atoms with Gasteiger partial charge in [-0.3, -0.25) is 14.9 Å². The molecule has 0 aliphatic heterocycles. The van der Waals surface area contributed by atoms with E-state index in [4.69, 9.17) is 0 Å². The molecule has 0 fully saturated rings. The number of aryl methyl sites for hydroxylation is 1. The van der Waals surface area contributed by atoms with E-state index in [-0.39, 0.29) is 17.6 Å². The molecule has 33 heavy (non-hydrogen) atoms. The lowest BCUT2D eigenvalue weighted by molar-refractivity contribution is -0.113. The maximum absolute atomic E-state index is 13.0. The van der Waals surface area contributed by atoms with Gasteiger partial charge in [-0.1, -0.05) is 30.0 Å². The number of hydrogen-bond acceptors (Lipinski definition) is 9. The van der Waals surface area contributed by atoms with E-state index in [1.807, 2.05) is 6.92 Å². The summed E-state index contributed by atoms with van der Waals surface area (Å²) < 4.78 is 14.6. The van der Waals surface area contributed by atoms with E-state index in [1.54, 1.807) is 16.6 Å². The highest BCUT2D eigenvalue weighted by molar-refractivity contribution is 7.99. The van der Waals surface area contributed by atoms with Gasteiger partial charge < -0.3 is 5.32 Å². The zero-order valence-corrected chi connectivity index (χ0v) is 19.1. The van der Waals surface area contributed by atoms with Crippen molar-refractivity contribution >= 4 is 45.7 Å². The first kappa shape index (κ1) is 22.7. The van der Waals surface area contributed by atoms with Gasteiger partial charge in [-0.15, -0.1) is 20.4 Å². The molecule has 2 amide bonds. The van der Waals surface area contributed by atoms with Gasteiger partial charge >= 0.3 is 0 Å². The van der Waals surface area contributed by atoms with E-state index in [0.717, 1.165) is 11.4 Å². The van der Waals surface area contributed by atoms with Gasteiger partial charge in [-0.2, -0.15) is 9.61 Å². The van der Waals surface area contributed by atoms with Gasteiger partial charge in [0, 0.05) is 18.5 Å². The fraction of sp³-hybridized carbons (Fsp3) is 0.250. The molecule has 0 unspecified atom stereocenters. The molecule has 0 atom stereocenters. The van der Waals surface area contributed by atoms with Crippen LogP contribution in [0.4, 0.5) is 9.52 Å². The lowest BCUT2D eigenvalue weighted by Crippen LogP contribution is -2.26. The van der Waals surface area contributed by atoms with Crippen LogP contribution in [-0.2, 0) is 17.6 Å². The van der Waals surface area contributed by atoms with E-state index in [0.29, 0.717) is 40.2 Å². The molecule has 13 heteroatoms. The van der Waals surface area contributed by atoms with Gasteiger partial charge in [0.05, 0.1) is 5.75 Å². The highest BCUT2D eigenvalue weighted by Crippen LogP contribution is 2.19. The van der Waals surface area contributed by atoms with Gasteiger partial charge in [-0.25, -0.2) is 4.39 Å². The standard InChI is InChI=1S/C20H19FN8O2S2/c1-2-17-26-27-20(33-17)23-16(30)11-32-18-8-7-14-24-25-15(29(14)28-18)9-10-22-19(31)12-3-5-13(21)6-4-12/h3-8H,2,9-11H2,1H3,(H,22,31)(H,23,27,30). The van der Waals surface area contributed by atoms with Crippen LogP contribution in [0.1, 0.15) is 28.1 Å². The van der Waals surface area contributed by atoms with Gasteiger partial charge in [0.1, 0.15) is 15.9 Å². The maximum atomic E-state index is 13.0. The van der Waals surface area contributed by atoms with Crippen molar-refractivity contribution in [2.24, 2.45) is 0 Å². The molecule has 4 aromatic rings. The van der Waals surface area contributed by atoms with Crippen molar-refractivity contribution in [3.05, 3.63) is 58.6 Å². The molecule has 0 aliphatic rings. The topological polar surface area (TPSA) is 127 Å². The monoisotopic (exact) mass is 486 g/mol. The number of nitrogens with one attached hydrogen (secondary N) is 2. The molecule has 3 heterocycles. The number of benzene rings is 1. The third-order valence-corrected chi connectivity index (χ3v) is 6.31. The van der Waals surface area contributed by atoms with Gasteiger partial charge in [0.25, 0.3) is 5.91 Å². The molecular formula is C20H19FN8O2S2. The predicted molar refractivity (Wildman–Crippen MR) is 122 cm³/mol. The van der Waals surface area contributed by atoms with Crippen LogP contribution in [0.2, 0.25) is 0 Å². The van der Waals surface area contributed by atoms with Crippen LogP contribution >= 0.6 is 23.1 Å². The minimum atomic E-state index is -0.399. The lowest BCUT2D eigenvalue weighted by Gasteiger charge is -2.05. The summed E-state index contributed by atoms with van der Waals surface area (Å²) in [4.78, 5) is 24.4. The number of anilines is 1. The van der Waals surface area contributed by atoms with Crippen LogP contribution in [0.25, 0.3) is 5.65 Å². The first-order valence-corrected chi connectivity index (χ1v) is 11.8. The minimum absolute atomic E-state index is 0.157. The second-order valence-corrected chi connectivity index (χ2v) is 8.82. The number of carbonyl (C=O) groups excluding carboxylic acids is 2. The fourth-order valence-corrected chi connectivity index (χ4v) is 4.13. The van der Waals surface area contributed by atoms with Crippen molar-refractivity contribution in [3.8, 4) is 0 Å². The Kier molecular flexibility index (Phi) is 7.19. The van der Waals surface area contributed by atoms with Crippen LogP contribution in [0, 0.1) is 5.82 Å². The summed E-state index contributed by atoms with van der Waals surface area (Å²) in [6, 6.07) is 8.85. The number of thioether (sulfide) groups is 1. The Balaban J connectivity index is 1.32. The zero-order chi connectivity index (χ0) is 23.2. The van der Waals surface area contributed by atoms with Crippen LogP contribution < -0.4 is 10.6 Å². The Hall–Kier alpha value is -3.45. The van der Waals surface area contributed by atoms with Crippen molar-refractivity contribution in [3.63, 3.8) is 0 Å². The molecule has 1 aromatic carbocycles. The SMILES string of the molecule is CCc1nnc(NC(=O)CSc2ccc3nnc(CCNC(=O)c4ccc(F)cc4)n3n2)s1. The fourth-order valence-electron chi connectivity index (χ4n) is 2.78. The van der Waals surface area contributed by atoms with E-state index in [1.165, 1.54) is 47.4 Å². The van der Waals surface area contributed by atoms with Crippen LogP contribution in [0.5, 0.6) is 0 Å².